The fourth-order valence-corrected chi connectivity index (χ4v) is 2.74. The third kappa shape index (κ3) is 1.64. The zero-order valence-corrected chi connectivity index (χ0v) is 9.60. The maximum atomic E-state index is 5.71. The van der Waals surface area contributed by atoms with Crippen LogP contribution in [0.3, 0.4) is 0 Å². The normalized spacial score (nSPS) is 16.1. The van der Waals surface area contributed by atoms with Crippen LogP contribution in [0.4, 0.5) is 5.13 Å². The van der Waals surface area contributed by atoms with E-state index in [-0.39, 0.29) is 0 Å². The van der Waals surface area contributed by atoms with Crippen LogP contribution >= 0.6 is 11.3 Å². The molecule has 1 aromatic rings. The molecular weight excluding hydrogens is 194 g/mol. The molecule has 2 heterocycles. The van der Waals surface area contributed by atoms with E-state index in [1.807, 2.05) is 0 Å². The second-order valence-corrected chi connectivity index (χ2v) is 5.07. The van der Waals surface area contributed by atoms with Crippen molar-refractivity contribution in [1.29, 1.82) is 0 Å². The summed E-state index contributed by atoms with van der Waals surface area (Å²) in [6.07, 6.45) is 1.30. The third-order valence-corrected chi connectivity index (χ3v) is 3.73. The van der Waals surface area contributed by atoms with Crippen LogP contribution in [0.5, 0.6) is 0 Å². The van der Waals surface area contributed by atoms with Gasteiger partial charge >= 0.3 is 0 Å². The number of anilines is 1. The molecule has 78 valence electrons. The van der Waals surface area contributed by atoms with Crippen LogP contribution in [-0.2, 0) is 6.54 Å². The number of hydrogen-bond donors (Lipinski definition) is 1. The van der Waals surface area contributed by atoms with Crippen LogP contribution in [0.2, 0.25) is 0 Å². The molecule has 0 spiro atoms. The molecule has 0 aliphatic carbocycles. The first-order valence-electron chi connectivity index (χ1n) is 5.17. The van der Waals surface area contributed by atoms with E-state index in [0.29, 0.717) is 12.5 Å². The Bertz CT molecular complexity index is 315. The summed E-state index contributed by atoms with van der Waals surface area (Å²) in [6.45, 7) is 7.30. The molecule has 0 radical (unpaired) electrons. The summed E-state index contributed by atoms with van der Waals surface area (Å²) in [4.78, 5) is 8.25. The monoisotopic (exact) mass is 211 g/mol. The molecule has 1 saturated heterocycles. The maximum absolute atomic E-state index is 5.71. The van der Waals surface area contributed by atoms with Crippen LogP contribution in [0.25, 0.3) is 0 Å². The van der Waals surface area contributed by atoms with Gasteiger partial charge in [0, 0.05) is 24.5 Å². The van der Waals surface area contributed by atoms with Crippen molar-refractivity contribution in [3.8, 4) is 0 Å². The average Bonchev–Trinajstić information content (AvgIpc) is 2.45. The predicted octanol–water partition coefficient (Wildman–Crippen LogP) is 1.94. The average molecular weight is 211 g/mol. The van der Waals surface area contributed by atoms with Gasteiger partial charge in [-0.05, 0) is 12.3 Å². The molecule has 1 aliphatic heterocycles. The lowest BCUT2D eigenvalue weighted by Crippen LogP contribution is -2.36. The summed E-state index contributed by atoms with van der Waals surface area (Å²) in [7, 11) is 0. The second-order valence-electron chi connectivity index (χ2n) is 4.00. The highest BCUT2D eigenvalue weighted by Crippen LogP contribution is 2.32. The van der Waals surface area contributed by atoms with E-state index in [9.17, 15) is 0 Å². The number of rotatable bonds is 3. The number of nitrogens with two attached hydrogens (primary N) is 1. The number of hydrogen-bond acceptors (Lipinski definition) is 4. The van der Waals surface area contributed by atoms with Gasteiger partial charge in [0.1, 0.15) is 0 Å². The van der Waals surface area contributed by atoms with E-state index in [0.717, 1.165) is 13.1 Å². The van der Waals surface area contributed by atoms with Gasteiger partial charge in [-0.15, -0.1) is 11.3 Å². The zero-order valence-electron chi connectivity index (χ0n) is 8.79. The van der Waals surface area contributed by atoms with E-state index in [1.165, 1.54) is 22.1 Å². The van der Waals surface area contributed by atoms with E-state index >= 15 is 0 Å². The van der Waals surface area contributed by atoms with Crippen molar-refractivity contribution < 1.29 is 0 Å². The van der Waals surface area contributed by atoms with Gasteiger partial charge in [0.05, 0.1) is 5.69 Å². The van der Waals surface area contributed by atoms with Crippen LogP contribution in [0, 0.1) is 0 Å². The largest absolute Gasteiger partial charge is 0.348 e. The van der Waals surface area contributed by atoms with Crippen molar-refractivity contribution in [2.45, 2.75) is 32.7 Å². The Balaban J connectivity index is 2.25. The van der Waals surface area contributed by atoms with Gasteiger partial charge in [-0.3, -0.25) is 0 Å². The van der Waals surface area contributed by atoms with E-state index < -0.39 is 0 Å². The quantitative estimate of drug-likeness (QED) is 0.830. The standard InChI is InChI=1S/C10H17N3S/c1-7(2)9-8(6-11)14-10(12-9)13-4-3-5-13/h7H,3-6,11H2,1-2H3. The highest BCUT2D eigenvalue weighted by molar-refractivity contribution is 7.15. The van der Waals surface area contributed by atoms with Crippen LogP contribution in [0.1, 0.15) is 36.8 Å². The number of nitrogens with zero attached hydrogens (tertiary/aromatic N) is 2. The van der Waals surface area contributed by atoms with Gasteiger partial charge in [0.2, 0.25) is 0 Å². The van der Waals surface area contributed by atoms with E-state index in [4.69, 9.17) is 5.73 Å². The fourth-order valence-electron chi connectivity index (χ4n) is 1.59. The number of aromatic nitrogens is 1. The minimum atomic E-state index is 0.486. The predicted molar refractivity (Wildman–Crippen MR) is 60.9 cm³/mol. The lowest BCUT2D eigenvalue weighted by molar-refractivity contribution is 0.614. The molecule has 2 rings (SSSR count). The Hall–Kier alpha value is -0.610. The molecular formula is C10H17N3S. The topological polar surface area (TPSA) is 42.2 Å². The first kappa shape index (κ1) is 9.93. The van der Waals surface area contributed by atoms with Gasteiger partial charge in [0.15, 0.2) is 5.13 Å². The van der Waals surface area contributed by atoms with Crippen molar-refractivity contribution in [3.05, 3.63) is 10.6 Å². The molecule has 4 heteroatoms. The Labute approximate surface area is 88.9 Å². The summed E-state index contributed by atoms with van der Waals surface area (Å²) in [5, 5.41) is 1.17. The molecule has 1 aliphatic rings. The highest BCUT2D eigenvalue weighted by atomic mass is 32.1. The van der Waals surface area contributed by atoms with E-state index in [2.05, 4.69) is 23.7 Å². The van der Waals surface area contributed by atoms with Gasteiger partial charge in [0.25, 0.3) is 0 Å². The van der Waals surface area contributed by atoms with Crippen LogP contribution < -0.4 is 10.6 Å². The summed E-state index contributed by atoms with van der Waals surface area (Å²) in [5.41, 5.74) is 6.91. The minimum absolute atomic E-state index is 0.486. The molecule has 2 N–H and O–H groups in total. The third-order valence-electron chi connectivity index (χ3n) is 2.58. The van der Waals surface area contributed by atoms with E-state index in [1.54, 1.807) is 11.3 Å². The summed E-state index contributed by atoms with van der Waals surface area (Å²) in [5.74, 6) is 0.486. The fraction of sp³-hybridized carbons (Fsp3) is 0.700. The van der Waals surface area contributed by atoms with Gasteiger partial charge in [-0.25, -0.2) is 4.98 Å². The highest BCUT2D eigenvalue weighted by Gasteiger charge is 2.21. The summed E-state index contributed by atoms with van der Waals surface area (Å²) < 4.78 is 0. The Morgan fingerprint density at radius 1 is 1.50 bits per heavy atom. The SMILES string of the molecule is CC(C)c1nc(N2CCC2)sc1CN. The first-order chi connectivity index (χ1) is 6.72. The lowest BCUT2D eigenvalue weighted by Gasteiger charge is -2.30. The number of thiazole rings is 1. The van der Waals surface area contributed by atoms with Crippen molar-refractivity contribution >= 4 is 16.5 Å². The van der Waals surface area contributed by atoms with Crippen LogP contribution in [0.15, 0.2) is 0 Å². The van der Waals surface area contributed by atoms with Crippen molar-refractivity contribution in [2.75, 3.05) is 18.0 Å². The summed E-state index contributed by atoms with van der Waals surface area (Å²) in [6, 6.07) is 0. The second kappa shape index (κ2) is 3.87. The Morgan fingerprint density at radius 2 is 2.21 bits per heavy atom. The van der Waals surface area contributed by atoms with Crippen LogP contribution in [-0.4, -0.2) is 18.1 Å². The molecule has 14 heavy (non-hydrogen) atoms. The molecule has 0 unspecified atom stereocenters. The molecule has 0 amide bonds. The molecule has 1 fully saturated rings. The first-order valence-corrected chi connectivity index (χ1v) is 5.98. The molecule has 3 nitrogen and oxygen atoms in total. The Kier molecular flexibility index (Phi) is 2.74. The molecule has 1 aromatic heterocycles. The molecule has 0 aromatic carbocycles. The molecule has 0 atom stereocenters. The smallest absolute Gasteiger partial charge is 0.185 e. The van der Waals surface area contributed by atoms with Gasteiger partial charge in [-0.1, -0.05) is 13.8 Å². The van der Waals surface area contributed by atoms with Gasteiger partial charge < -0.3 is 10.6 Å². The molecule has 0 saturated carbocycles. The minimum Gasteiger partial charge on any atom is -0.348 e. The summed E-state index contributed by atoms with van der Waals surface area (Å²) >= 11 is 1.76. The van der Waals surface area contributed by atoms with Crippen molar-refractivity contribution in [2.24, 2.45) is 5.73 Å². The van der Waals surface area contributed by atoms with Gasteiger partial charge in [-0.2, -0.15) is 0 Å². The zero-order chi connectivity index (χ0) is 10.1. The lowest BCUT2D eigenvalue weighted by atomic mass is 10.1. The molecule has 0 bridgehead atoms. The maximum Gasteiger partial charge on any atom is 0.185 e. The Morgan fingerprint density at radius 3 is 2.57 bits per heavy atom. The van der Waals surface area contributed by atoms with Crippen molar-refractivity contribution in [3.63, 3.8) is 0 Å². The van der Waals surface area contributed by atoms with Crippen molar-refractivity contribution in [1.82, 2.24) is 4.98 Å².